The van der Waals surface area contributed by atoms with Gasteiger partial charge >= 0.3 is 11.9 Å². The van der Waals surface area contributed by atoms with Gasteiger partial charge in [-0.3, -0.25) is 9.59 Å². The number of carboxylic acid groups (broad SMARTS) is 1. The summed E-state index contributed by atoms with van der Waals surface area (Å²) in [5.74, 6) is -2.25. The molecule has 0 aliphatic rings. The Morgan fingerprint density at radius 1 is 0.344 bits per heavy atom. The third kappa shape index (κ3) is 72.7. The van der Waals surface area contributed by atoms with Crippen LogP contribution in [0.1, 0.15) is 393 Å². The van der Waals surface area contributed by atoms with Crippen molar-refractivity contribution in [2.75, 3.05) is 47.5 Å². The molecule has 0 amide bonds. The van der Waals surface area contributed by atoms with Crippen LogP contribution in [0.4, 0.5) is 0 Å². The molecule has 0 heterocycles. The topological polar surface area (TPSA) is 111 Å². The molecule has 0 bridgehead atoms. The predicted octanol–water partition coefficient (Wildman–Crippen LogP) is 23.5. The number of hydrogen-bond donors (Lipinski definition) is 0. The summed E-state index contributed by atoms with van der Waals surface area (Å²) in [6.07, 6.45) is 90.9. The first-order chi connectivity index (χ1) is 44.1. The minimum atomic E-state index is -1.62. The Labute approximate surface area is 559 Å². The molecular formula is C81H151NO8. The van der Waals surface area contributed by atoms with E-state index in [1.807, 2.05) is 21.1 Å². The average molecular weight is 1270 g/mol. The number of ether oxygens (including phenoxy) is 4. The Bertz CT molecular complexity index is 1620. The first kappa shape index (κ1) is 87.2. The number of rotatable bonds is 74. The zero-order valence-electron chi connectivity index (χ0n) is 60.5. The number of unbranched alkanes of at least 4 members (excludes halogenated alkanes) is 51. The van der Waals surface area contributed by atoms with E-state index >= 15 is 0 Å². The first-order valence-electron chi connectivity index (χ1n) is 39.3. The summed E-state index contributed by atoms with van der Waals surface area (Å²) in [6.45, 7) is 4.72. The second kappa shape index (κ2) is 72.1. The van der Waals surface area contributed by atoms with E-state index in [2.05, 4.69) is 62.5 Å². The van der Waals surface area contributed by atoms with Crippen LogP contribution in [0.3, 0.4) is 0 Å². The van der Waals surface area contributed by atoms with Crippen LogP contribution in [0.2, 0.25) is 0 Å². The molecule has 9 heteroatoms. The van der Waals surface area contributed by atoms with Gasteiger partial charge < -0.3 is 33.3 Å². The lowest BCUT2D eigenvalue weighted by atomic mass is 10.0. The maximum absolute atomic E-state index is 13.0. The highest BCUT2D eigenvalue weighted by Crippen LogP contribution is 2.20. The van der Waals surface area contributed by atoms with E-state index in [0.29, 0.717) is 17.4 Å². The van der Waals surface area contributed by atoms with E-state index in [9.17, 15) is 19.5 Å². The Morgan fingerprint density at radius 3 is 0.944 bits per heavy atom. The fraction of sp³-hybridized carbons (Fsp3) is 0.864. The maximum atomic E-state index is 13.0. The lowest BCUT2D eigenvalue weighted by molar-refractivity contribution is -0.870. The van der Waals surface area contributed by atoms with E-state index < -0.39 is 24.3 Å². The molecule has 0 saturated heterocycles. The zero-order chi connectivity index (χ0) is 65.4. The number of aliphatic carboxylic acids is 1. The van der Waals surface area contributed by atoms with Gasteiger partial charge in [0.1, 0.15) is 13.2 Å². The molecule has 0 saturated carbocycles. The molecule has 0 aromatic carbocycles. The number of esters is 2. The predicted molar refractivity (Wildman–Crippen MR) is 385 cm³/mol. The van der Waals surface area contributed by atoms with E-state index in [-0.39, 0.29) is 32.2 Å². The standard InChI is InChI=1S/C81H151NO8/c1-6-8-10-12-14-16-18-20-22-24-26-28-30-32-34-36-37-38-39-40-41-42-43-44-46-48-50-52-54-56-58-60-62-64-66-68-70-72-79(84)90-77(76-89-81(80(85)86)87-74-73-82(3,4)5)75-88-78(83)71-69-67-65-63-61-59-57-55-53-51-49-47-45-35-33-31-29-27-25-23-21-19-17-15-13-11-9-7-2/h8,10,14,16,20,22,26,28,77,81H,6-7,9,11-13,15,17-19,21,23-25,27,29-76H2,1-5H3/b10-8-,16-14-,22-20-,28-26-. The Balaban J connectivity index is 3.97. The highest BCUT2D eigenvalue weighted by Gasteiger charge is 2.22. The van der Waals surface area contributed by atoms with Crippen LogP contribution in [0.15, 0.2) is 48.6 Å². The molecule has 0 aromatic rings. The summed E-state index contributed by atoms with van der Waals surface area (Å²) in [6, 6.07) is 0. The third-order valence-corrected chi connectivity index (χ3v) is 17.8. The summed E-state index contributed by atoms with van der Waals surface area (Å²) in [7, 11) is 5.95. The molecule has 90 heavy (non-hydrogen) atoms. The molecule has 0 radical (unpaired) electrons. The van der Waals surface area contributed by atoms with Gasteiger partial charge in [0.2, 0.25) is 0 Å². The van der Waals surface area contributed by atoms with Gasteiger partial charge in [-0.1, -0.05) is 377 Å². The average Bonchev–Trinajstić information content (AvgIpc) is 3.74. The molecule has 9 nitrogen and oxygen atoms in total. The number of carbonyl (C=O) groups excluding carboxylic acids is 3. The number of hydrogen-bond acceptors (Lipinski definition) is 8. The lowest BCUT2D eigenvalue weighted by Crippen LogP contribution is -2.44. The van der Waals surface area contributed by atoms with Gasteiger partial charge in [0.15, 0.2) is 12.4 Å². The van der Waals surface area contributed by atoms with Crippen LogP contribution in [-0.2, 0) is 33.3 Å². The summed E-state index contributed by atoms with van der Waals surface area (Å²) in [5.41, 5.74) is 0. The van der Waals surface area contributed by atoms with Crippen LogP contribution >= 0.6 is 0 Å². The minimum Gasteiger partial charge on any atom is -0.545 e. The molecule has 0 aliphatic heterocycles. The summed E-state index contributed by atoms with van der Waals surface area (Å²) in [4.78, 5) is 37.6. The summed E-state index contributed by atoms with van der Waals surface area (Å²) >= 11 is 0. The van der Waals surface area contributed by atoms with Gasteiger partial charge in [0, 0.05) is 12.8 Å². The summed E-state index contributed by atoms with van der Waals surface area (Å²) < 4.78 is 22.9. The van der Waals surface area contributed by atoms with Crippen molar-refractivity contribution in [3.05, 3.63) is 48.6 Å². The monoisotopic (exact) mass is 1270 g/mol. The largest absolute Gasteiger partial charge is 0.545 e. The Morgan fingerprint density at radius 2 is 0.633 bits per heavy atom. The lowest BCUT2D eigenvalue weighted by Gasteiger charge is -2.26. The fourth-order valence-corrected chi connectivity index (χ4v) is 11.9. The molecule has 2 unspecified atom stereocenters. The summed E-state index contributed by atoms with van der Waals surface area (Å²) in [5, 5.41) is 11.9. The van der Waals surface area contributed by atoms with Crippen LogP contribution < -0.4 is 5.11 Å². The SMILES string of the molecule is CC/C=C\C/C=C\C/C=C\C/C=C\CCCCCCCCCCCCCCCCCCCCCCCCCCC(=O)OC(COC(=O)CCCCCCCCCCCCCCCCCCCCCCCCCCCCCC)COC(OCC[N+](C)(C)C)C(=O)[O-]. The van der Waals surface area contributed by atoms with Gasteiger partial charge in [-0.15, -0.1) is 0 Å². The molecule has 0 N–H and O–H groups in total. The van der Waals surface area contributed by atoms with Crippen LogP contribution in [0.5, 0.6) is 0 Å². The second-order valence-corrected chi connectivity index (χ2v) is 28.0. The normalized spacial score (nSPS) is 12.9. The maximum Gasteiger partial charge on any atom is 0.306 e. The van der Waals surface area contributed by atoms with Crippen LogP contribution in [-0.4, -0.2) is 82.3 Å². The van der Waals surface area contributed by atoms with Crippen LogP contribution in [0.25, 0.3) is 0 Å². The van der Waals surface area contributed by atoms with Crippen molar-refractivity contribution in [1.82, 2.24) is 0 Å². The van der Waals surface area contributed by atoms with Crippen molar-refractivity contribution >= 4 is 17.9 Å². The molecule has 0 spiro atoms. The molecule has 0 fully saturated rings. The number of carbonyl (C=O) groups is 3. The molecule has 0 aliphatic carbocycles. The van der Waals surface area contributed by atoms with Gasteiger partial charge in [0.25, 0.3) is 0 Å². The second-order valence-electron chi connectivity index (χ2n) is 28.0. The fourth-order valence-electron chi connectivity index (χ4n) is 11.9. The molecule has 0 rings (SSSR count). The van der Waals surface area contributed by atoms with Crippen molar-refractivity contribution in [1.29, 1.82) is 0 Å². The number of quaternary nitrogens is 1. The number of nitrogens with zero attached hydrogens (tertiary/aromatic N) is 1. The van der Waals surface area contributed by atoms with E-state index in [1.165, 1.54) is 302 Å². The van der Waals surface area contributed by atoms with Gasteiger partial charge in [0.05, 0.1) is 40.3 Å². The molecule has 2 atom stereocenters. The smallest absolute Gasteiger partial charge is 0.306 e. The van der Waals surface area contributed by atoms with Gasteiger partial charge in [-0.25, -0.2) is 0 Å². The minimum absolute atomic E-state index is 0.151. The number of likely N-dealkylation sites (N-methyl/N-ethyl adjacent to an activating group) is 1. The van der Waals surface area contributed by atoms with E-state index in [1.54, 1.807) is 0 Å². The molecule has 528 valence electrons. The van der Waals surface area contributed by atoms with Gasteiger partial charge in [-0.2, -0.15) is 0 Å². The number of carboxylic acids is 1. The van der Waals surface area contributed by atoms with Gasteiger partial charge in [-0.05, 0) is 51.4 Å². The van der Waals surface area contributed by atoms with Crippen molar-refractivity contribution in [3.8, 4) is 0 Å². The first-order valence-corrected chi connectivity index (χ1v) is 39.3. The van der Waals surface area contributed by atoms with Crippen molar-refractivity contribution < 1.29 is 42.9 Å². The Hall–Kier alpha value is -2.75. The van der Waals surface area contributed by atoms with Crippen molar-refractivity contribution in [2.24, 2.45) is 0 Å². The third-order valence-electron chi connectivity index (χ3n) is 17.8. The quantitative estimate of drug-likeness (QED) is 0.0195. The van der Waals surface area contributed by atoms with E-state index in [4.69, 9.17) is 18.9 Å². The molecular weight excluding hydrogens is 1110 g/mol. The molecule has 0 aromatic heterocycles. The zero-order valence-corrected chi connectivity index (χ0v) is 60.5. The van der Waals surface area contributed by atoms with Crippen LogP contribution in [0, 0.1) is 0 Å². The Kier molecular flexibility index (Phi) is 69.9. The highest BCUT2D eigenvalue weighted by atomic mass is 16.7. The van der Waals surface area contributed by atoms with E-state index in [0.717, 1.165) is 64.2 Å². The van der Waals surface area contributed by atoms with Crippen molar-refractivity contribution in [2.45, 2.75) is 405 Å². The highest BCUT2D eigenvalue weighted by molar-refractivity contribution is 5.70. The number of allylic oxidation sites excluding steroid dienone is 8. The van der Waals surface area contributed by atoms with Crippen molar-refractivity contribution in [3.63, 3.8) is 0 Å².